The first-order valence-corrected chi connectivity index (χ1v) is 4.97. The highest BCUT2D eigenvalue weighted by Crippen LogP contribution is 2.12. The lowest BCUT2D eigenvalue weighted by Gasteiger charge is -2.10. The Morgan fingerprint density at radius 3 is 3.33 bits per heavy atom. The average Bonchev–Trinajstić information content (AvgIpc) is 2.79. The molecular weight excluding hydrogens is 192 g/mol. The van der Waals surface area contributed by atoms with E-state index in [1.807, 2.05) is 6.07 Å². The lowest BCUT2D eigenvalue weighted by Crippen LogP contribution is -2.19. The fourth-order valence-corrected chi connectivity index (χ4v) is 1.53. The predicted octanol–water partition coefficient (Wildman–Crippen LogP) is 0.939. The van der Waals surface area contributed by atoms with Crippen molar-refractivity contribution in [3.63, 3.8) is 0 Å². The Balaban J connectivity index is 1.90. The molecule has 1 aliphatic heterocycles. The third-order valence-electron chi connectivity index (χ3n) is 2.29. The van der Waals surface area contributed by atoms with Gasteiger partial charge in [0.25, 0.3) is 0 Å². The van der Waals surface area contributed by atoms with E-state index < -0.39 is 0 Å². The van der Waals surface area contributed by atoms with Crippen LogP contribution >= 0.6 is 0 Å². The highest BCUT2D eigenvalue weighted by molar-refractivity contribution is 5.34. The van der Waals surface area contributed by atoms with Gasteiger partial charge in [0, 0.05) is 19.3 Å². The number of rotatable bonds is 3. The lowest BCUT2D eigenvalue weighted by atomic mass is 10.2. The van der Waals surface area contributed by atoms with Crippen molar-refractivity contribution in [2.45, 2.75) is 18.9 Å². The number of nitrogens with zero attached hydrogens (tertiary/aromatic N) is 3. The van der Waals surface area contributed by atoms with E-state index in [4.69, 9.17) is 10.00 Å². The van der Waals surface area contributed by atoms with Gasteiger partial charge in [0.15, 0.2) is 0 Å². The summed E-state index contributed by atoms with van der Waals surface area (Å²) in [6.07, 6.45) is 4.05. The quantitative estimate of drug-likeness (QED) is 0.793. The van der Waals surface area contributed by atoms with Crippen molar-refractivity contribution >= 4 is 5.82 Å². The largest absolute Gasteiger partial charge is 0.376 e. The van der Waals surface area contributed by atoms with Crippen molar-refractivity contribution in [2.24, 2.45) is 0 Å². The minimum Gasteiger partial charge on any atom is -0.376 e. The van der Waals surface area contributed by atoms with Gasteiger partial charge in [-0.15, -0.1) is 0 Å². The van der Waals surface area contributed by atoms with Crippen molar-refractivity contribution in [3.8, 4) is 6.07 Å². The first-order valence-electron chi connectivity index (χ1n) is 4.97. The van der Waals surface area contributed by atoms with Crippen molar-refractivity contribution in [3.05, 3.63) is 18.1 Å². The molecule has 0 spiro atoms. The Bertz CT molecular complexity index is 368. The number of ether oxygens (including phenoxy) is 1. The molecule has 0 bridgehead atoms. The van der Waals surface area contributed by atoms with Crippen molar-refractivity contribution < 1.29 is 4.74 Å². The molecule has 2 heterocycles. The van der Waals surface area contributed by atoms with Crippen molar-refractivity contribution in [1.29, 1.82) is 5.26 Å². The molecule has 1 aromatic rings. The molecule has 5 heteroatoms. The summed E-state index contributed by atoms with van der Waals surface area (Å²) in [5.41, 5.74) is 0. The zero-order valence-corrected chi connectivity index (χ0v) is 8.31. The van der Waals surface area contributed by atoms with Gasteiger partial charge < -0.3 is 10.1 Å². The van der Waals surface area contributed by atoms with Crippen LogP contribution in [0.5, 0.6) is 0 Å². The van der Waals surface area contributed by atoms with Crippen LogP contribution in [0.1, 0.15) is 18.7 Å². The van der Waals surface area contributed by atoms with E-state index in [1.54, 1.807) is 12.3 Å². The van der Waals surface area contributed by atoms with Gasteiger partial charge in [-0.25, -0.2) is 9.97 Å². The second-order valence-corrected chi connectivity index (χ2v) is 3.39. The van der Waals surface area contributed by atoms with E-state index in [0.717, 1.165) is 26.0 Å². The first kappa shape index (κ1) is 9.87. The molecule has 1 aromatic heterocycles. The van der Waals surface area contributed by atoms with Crippen LogP contribution in [-0.4, -0.2) is 29.2 Å². The van der Waals surface area contributed by atoms with E-state index in [2.05, 4.69) is 15.3 Å². The highest BCUT2D eigenvalue weighted by Gasteiger charge is 2.14. The number of hydrogen-bond acceptors (Lipinski definition) is 5. The summed E-state index contributed by atoms with van der Waals surface area (Å²) in [7, 11) is 0. The number of aromatic nitrogens is 2. The third-order valence-corrected chi connectivity index (χ3v) is 2.29. The number of anilines is 1. The molecule has 0 saturated carbocycles. The molecule has 1 aliphatic rings. The normalized spacial score (nSPS) is 19.8. The van der Waals surface area contributed by atoms with Crippen molar-refractivity contribution in [1.82, 2.24) is 9.97 Å². The predicted molar refractivity (Wildman–Crippen MR) is 54.2 cm³/mol. The molecule has 15 heavy (non-hydrogen) atoms. The minimum absolute atomic E-state index is 0.187. The van der Waals surface area contributed by atoms with Gasteiger partial charge in [-0.05, 0) is 18.9 Å². The van der Waals surface area contributed by atoms with Crippen LogP contribution in [0, 0.1) is 11.3 Å². The second-order valence-electron chi connectivity index (χ2n) is 3.39. The maximum Gasteiger partial charge on any atom is 0.234 e. The molecule has 5 nitrogen and oxygen atoms in total. The lowest BCUT2D eigenvalue weighted by molar-refractivity contribution is 0.120. The molecule has 0 aromatic carbocycles. The molecular formula is C10H12N4O. The van der Waals surface area contributed by atoms with Gasteiger partial charge in [0.05, 0.1) is 6.10 Å². The van der Waals surface area contributed by atoms with Crippen LogP contribution in [-0.2, 0) is 4.74 Å². The molecule has 1 unspecified atom stereocenters. The van der Waals surface area contributed by atoms with Gasteiger partial charge in [-0.1, -0.05) is 0 Å². The molecule has 1 fully saturated rings. The van der Waals surface area contributed by atoms with Crippen LogP contribution in [0.4, 0.5) is 5.82 Å². The summed E-state index contributed by atoms with van der Waals surface area (Å²) in [4.78, 5) is 7.81. The highest BCUT2D eigenvalue weighted by atomic mass is 16.5. The Morgan fingerprint density at radius 2 is 2.60 bits per heavy atom. The van der Waals surface area contributed by atoms with Gasteiger partial charge in [0.1, 0.15) is 11.9 Å². The van der Waals surface area contributed by atoms with Gasteiger partial charge >= 0.3 is 0 Å². The molecule has 0 amide bonds. The zero-order chi connectivity index (χ0) is 10.5. The smallest absolute Gasteiger partial charge is 0.234 e. The van der Waals surface area contributed by atoms with Crippen LogP contribution in [0.25, 0.3) is 0 Å². The number of hydrogen-bond donors (Lipinski definition) is 1. The summed E-state index contributed by atoms with van der Waals surface area (Å²) in [5, 5.41) is 11.7. The van der Waals surface area contributed by atoms with Crippen LogP contribution < -0.4 is 5.32 Å². The topological polar surface area (TPSA) is 70.8 Å². The fraction of sp³-hybridized carbons (Fsp3) is 0.500. The second kappa shape index (κ2) is 4.71. The standard InChI is InChI=1S/C10H12N4O/c11-6-10-12-4-3-9(14-10)13-7-8-2-1-5-15-8/h3-4,8H,1-2,5,7H2,(H,12,13,14). The molecule has 1 saturated heterocycles. The van der Waals surface area contributed by atoms with Crippen LogP contribution in [0.2, 0.25) is 0 Å². The summed E-state index contributed by atoms with van der Waals surface area (Å²) >= 11 is 0. The summed E-state index contributed by atoms with van der Waals surface area (Å²) < 4.78 is 5.46. The monoisotopic (exact) mass is 204 g/mol. The zero-order valence-electron chi connectivity index (χ0n) is 8.31. The molecule has 2 rings (SSSR count). The molecule has 0 aliphatic carbocycles. The molecule has 78 valence electrons. The van der Waals surface area contributed by atoms with E-state index in [-0.39, 0.29) is 11.9 Å². The van der Waals surface area contributed by atoms with Crippen LogP contribution in [0.3, 0.4) is 0 Å². The van der Waals surface area contributed by atoms with Crippen LogP contribution in [0.15, 0.2) is 12.3 Å². The fourth-order valence-electron chi connectivity index (χ4n) is 1.53. The maximum atomic E-state index is 8.61. The maximum absolute atomic E-state index is 8.61. The molecule has 1 N–H and O–H groups in total. The number of nitriles is 1. The van der Waals surface area contributed by atoms with E-state index in [9.17, 15) is 0 Å². The first-order chi connectivity index (χ1) is 7.38. The summed E-state index contributed by atoms with van der Waals surface area (Å²) in [6.45, 7) is 1.58. The van der Waals surface area contributed by atoms with Crippen molar-refractivity contribution in [2.75, 3.05) is 18.5 Å². The Morgan fingerprint density at radius 1 is 1.67 bits per heavy atom. The van der Waals surface area contributed by atoms with Gasteiger partial charge in [-0.2, -0.15) is 5.26 Å². The summed E-state index contributed by atoms with van der Waals surface area (Å²) in [6, 6.07) is 3.65. The third kappa shape index (κ3) is 2.64. The molecule has 0 radical (unpaired) electrons. The van der Waals surface area contributed by atoms with Gasteiger partial charge in [0.2, 0.25) is 5.82 Å². The minimum atomic E-state index is 0.187. The number of nitrogens with one attached hydrogen (secondary N) is 1. The van der Waals surface area contributed by atoms with E-state index in [0.29, 0.717) is 5.82 Å². The average molecular weight is 204 g/mol. The van der Waals surface area contributed by atoms with E-state index in [1.165, 1.54) is 0 Å². The van der Waals surface area contributed by atoms with E-state index >= 15 is 0 Å². The summed E-state index contributed by atoms with van der Waals surface area (Å²) in [5.74, 6) is 0.865. The Hall–Kier alpha value is -1.67. The SMILES string of the molecule is N#Cc1nccc(NCC2CCCO2)n1. The Kier molecular flexibility index (Phi) is 3.10. The Labute approximate surface area is 88.1 Å². The van der Waals surface area contributed by atoms with Gasteiger partial charge in [-0.3, -0.25) is 0 Å². The molecule has 1 atom stereocenters.